The Kier molecular flexibility index (Phi) is 3.26. The number of carbonyl (C=O) groups is 1. The molecular formula is C12H15ClN2O2. The molecule has 92 valence electrons. The molecule has 1 aromatic rings. The zero-order valence-corrected chi connectivity index (χ0v) is 10.3. The number of amides is 1. The van der Waals surface area contributed by atoms with Crippen LogP contribution < -0.4 is 11.1 Å². The maximum atomic E-state index is 11.5. The van der Waals surface area contributed by atoms with E-state index in [0.29, 0.717) is 17.9 Å². The highest BCUT2D eigenvalue weighted by atomic mass is 35.5. The van der Waals surface area contributed by atoms with E-state index < -0.39 is 5.54 Å². The number of nitrogens with two attached hydrogens (primary N) is 1. The molecule has 2 rings (SSSR count). The van der Waals surface area contributed by atoms with Gasteiger partial charge in [-0.1, -0.05) is 23.7 Å². The van der Waals surface area contributed by atoms with Gasteiger partial charge < -0.3 is 15.8 Å². The van der Waals surface area contributed by atoms with E-state index >= 15 is 0 Å². The first-order valence-electron chi connectivity index (χ1n) is 5.43. The monoisotopic (exact) mass is 254 g/mol. The minimum atomic E-state index is -0.730. The minimum absolute atomic E-state index is 0.0810. The molecule has 1 aromatic carbocycles. The Labute approximate surface area is 105 Å². The third-order valence-corrected chi connectivity index (χ3v) is 3.53. The van der Waals surface area contributed by atoms with Gasteiger partial charge in [0.2, 0.25) is 5.91 Å². The first-order valence-corrected chi connectivity index (χ1v) is 5.80. The average molecular weight is 255 g/mol. The number of primary amides is 1. The van der Waals surface area contributed by atoms with Gasteiger partial charge in [-0.05, 0) is 12.1 Å². The van der Waals surface area contributed by atoms with E-state index in [2.05, 4.69) is 5.32 Å². The predicted molar refractivity (Wildman–Crippen MR) is 67.0 cm³/mol. The number of benzene rings is 1. The summed E-state index contributed by atoms with van der Waals surface area (Å²) >= 11 is 6.04. The molecule has 5 heteroatoms. The number of anilines is 1. The van der Waals surface area contributed by atoms with Crippen LogP contribution in [0, 0.1) is 0 Å². The topological polar surface area (TPSA) is 64.3 Å². The van der Waals surface area contributed by atoms with Gasteiger partial charge in [-0.2, -0.15) is 0 Å². The van der Waals surface area contributed by atoms with Crippen LogP contribution in [0.3, 0.4) is 0 Å². The molecule has 1 aliphatic carbocycles. The number of halogens is 1. The second-order valence-electron chi connectivity index (χ2n) is 4.32. The predicted octanol–water partition coefficient (Wildman–Crippen LogP) is 1.78. The van der Waals surface area contributed by atoms with E-state index in [9.17, 15) is 4.79 Å². The van der Waals surface area contributed by atoms with Gasteiger partial charge in [0, 0.05) is 20.0 Å². The van der Waals surface area contributed by atoms with Crippen LogP contribution >= 0.6 is 11.6 Å². The average Bonchev–Trinajstić information content (AvgIpc) is 2.24. The van der Waals surface area contributed by atoms with Crippen LogP contribution in [0.4, 0.5) is 5.69 Å². The van der Waals surface area contributed by atoms with Gasteiger partial charge in [-0.3, -0.25) is 4.79 Å². The molecule has 0 atom stereocenters. The van der Waals surface area contributed by atoms with Crippen molar-refractivity contribution in [2.75, 3.05) is 12.4 Å². The number of carbonyl (C=O) groups excluding carboxylic acids is 1. The summed E-state index contributed by atoms with van der Waals surface area (Å²) in [7, 11) is 1.63. The molecule has 0 bridgehead atoms. The van der Waals surface area contributed by atoms with Crippen molar-refractivity contribution in [2.24, 2.45) is 5.73 Å². The van der Waals surface area contributed by atoms with Crippen LogP contribution in [0.1, 0.15) is 12.8 Å². The number of hydrogen-bond acceptors (Lipinski definition) is 3. The van der Waals surface area contributed by atoms with Gasteiger partial charge in [0.1, 0.15) is 5.54 Å². The minimum Gasteiger partial charge on any atom is -0.381 e. The van der Waals surface area contributed by atoms with Gasteiger partial charge >= 0.3 is 0 Å². The van der Waals surface area contributed by atoms with Crippen molar-refractivity contribution in [1.82, 2.24) is 0 Å². The Morgan fingerprint density at radius 2 is 2.18 bits per heavy atom. The van der Waals surface area contributed by atoms with Crippen LogP contribution in [-0.2, 0) is 9.53 Å². The lowest BCUT2D eigenvalue weighted by Crippen LogP contribution is -2.61. The molecule has 0 aliphatic heterocycles. The van der Waals surface area contributed by atoms with Gasteiger partial charge in [0.15, 0.2) is 0 Å². The third kappa shape index (κ3) is 2.23. The third-order valence-electron chi connectivity index (χ3n) is 3.21. The fourth-order valence-electron chi connectivity index (χ4n) is 2.07. The zero-order valence-electron chi connectivity index (χ0n) is 9.57. The summed E-state index contributed by atoms with van der Waals surface area (Å²) in [5, 5.41) is 3.72. The maximum absolute atomic E-state index is 11.5. The molecule has 0 aromatic heterocycles. The Bertz CT molecular complexity index is 430. The van der Waals surface area contributed by atoms with Gasteiger partial charge in [0.25, 0.3) is 0 Å². The smallest absolute Gasteiger partial charge is 0.243 e. The summed E-state index contributed by atoms with van der Waals surface area (Å²) in [6.07, 6.45) is 1.23. The standard InChI is InChI=1S/C12H15ClN2O2/c1-17-8-6-12(7-8,11(14)16)15-10-5-3-2-4-9(10)13/h2-5,8,15H,6-7H2,1H3,(H2,14,16). The normalized spacial score (nSPS) is 27.3. The quantitative estimate of drug-likeness (QED) is 0.861. The van der Waals surface area contributed by atoms with E-state index in [1.54, 1.807) is 13.2 Å². The molecule has 0 spiro atoms. The van der Waals surface area contributed by atoms with E-state index in [0.717, 1.165) is 5.69 Å². The van der Waals surface area contributed by atoms with Crippen molar-refractivity contribution < 1.29 is 9.53 Å². The first-order chi connectivity index (χ1) is 8.07. The molecule has 0 unspecified atom stereocenters. The van der Waals surface area contributed by atoms with Crippen molar-refractivity contribution >= 4 is 23.2 Å². The fraction of sp³-hybridized carbons (Fsp3) is 0.417. The lowest BCUT2D eigenvalue weighted by Gasteiger charge is -2.45. The molecule has 3 N–H and O–H groups in total. The van der Waals surface area contributed by atoms with E-state index in [1.807, 2.05) is 18.2 Å². The fourth-order valence-corrected chi connectivity index (χ4v) is 2.25. The Morgan fingerprint density at radius 1 is 1.53 bits per heavy atom. The van der Waals surface area contributed by atoms with E-state index in [1.165, 1.54) is 0 Å². The molecular weight excluding hydrogens is 240 g/mol. The number of para-hydroxylation sites is 1. The summed E-state index contributed by atoms with van der Waals surface area (Å²) in [6.45, 7) is 0. The lowest BCUT2D eigenvalue weighted by molar-refractivity contribution is -0.130. The lowest BCUT2D eigenvalue weighted by atomic mass is 9.73. The highest BCUT2D eigenvalue weighted by Crippen LogP contribution is 2.38. The zero-order chi connectivity index (χ0) is 12.5. The SMILES string of the molecule is COC1CC(Nc2ccccc2Cl)(C(N)=O)C1. The second kappa shape index (κ2) is 4.55. The number of methoxy groups -OCH3 is 1. The maximum Gasteiger partial charge on any atom is 0.243 e. The molecule has 0 saturated heterocycles. The molecule has 1 amide bonds. The number of rotatable bonds is 4. The summed E-state index contributed by atoms with van der Waals surface area (Å²) < 4.78 is 5.18. The summed E-state index contributed by atoms with van der Waals surface area (Å²) in [5.41, 5.74) is 5.44. The van der Waals surface area contributed by atoms with Crippen molar-refractivity contribution in [2.45, 2.75) is 24.5 Å². The molecule has 1 saturated carbocycles. The second-order valence-corrected chi connectivity index (χ2v) is 4.72. The largest absolute Gasteiger partial charge is 0.381 e. The highest BCUT2D eigenvalue weighted by molar-refractivity contribution is 6.33. The van der Waals surface area contributed by atoms with Gasteiger partial charge in [-0.25, -0.2) is 0 Å². The van der Waals surface area contributed by atoms with Crippen molar-refractivity contribution in [3.8, 4) is 0 Å². The van der Waals surface area contributed by atoms with E-state index in [-0.39, 0.29) is 12.0 Å². The molecule has 0 heterocycles. The number of ether oxygens (including phenoxy) is 1. The van der Waals surface area contributed by atoms with Gasteiger partial charge in [-0.15, -0.1) is 0 Å². The van der Waals surface area contributed by atoms with Crippen LogP contribution in [0.15, 0.2) is 24.3 Å². The van der Waals surface area contributed by atoms with Crippen LogP contribution in [-0.4, -0.2) is 24.7 Å². The first kappa shape index (κ1) is 12.2. The Hall–Kier alpha value is -1.26. The van der Waals surface area contributed by atoms with Crippen LogP contribution in [0.25, 0.3) is 0 Å². The Balaban J connectivity index is 2.16. The summed E-state index contributed by atoms with van der Waals surface area (Å²) in [6, 6.07) is 7.29. The molecule has 1 aliphatic rings. The number of nitrogens with one attached hydrogen (secondary N) is 1. The molecule has 4 nitrogen and oxygen atoms in total. The summed E-state index contributed by atoms with van der Waals surface area (Å²) in [4.78, 5) is 11.5. The molecule has 1 fully saturated rings. The Morgan fingerprint density at radius 3 is 2.71 bits per heavy atom. The van der Waals surface area contributed by atoms with E-state index in [4.69, 9.17) is 22.1 Å². The van der Waals surface area contributed by atoms with Crippen LogP contribution in [0.2, 0.25) is 5.02 Å². The number of hydrogen-bond donors (Lipinski definition) is 2. The highest BCUT2D eigenvalue weighted by Gasteiger charge is 2.49. The van der Waals surface area contributed by atoms with Crippen molar-refractivity contribution in [3.63, 3.8) is 0 Å². The van der Waals surface area contributed by atoms with Gasteiger partial charge in [0.05, 0.1) is 16.8 Å². The summed E-state index contributed by atoms with van der Waals surface area (Å²) in [5.74, 6) is -0.370. The van der Waals surface area contributed by atoms with Crippen molar-refractivity contribution in [3.05, 3.63) is 29.3 Å². The van der Waals surface area contributed by atoms with Crippen LogP contribution in [0.5, 0.6) is 0 Å². The molecule has 0 radical (unpaired) electrons. The van der Waals surface area contributed by atoms with Crippen molar-refractivity contribution in [1.29, 1.82) is 0 Å². The molecule has 17 heavy (non-hydrogen) atoms.